The molecule has 0 saturated carbocycles. The summed E-state index contributed by atoms with van der Waals surface area (Å²) in [6.07, 6.45) is 3.98. The van der Waals surface area contributed by atoms with Gasteiger partial charge in [0.15, 0.2) is 0 Å². The molecule has 4 heterocycles. The molecule has 0 radical (unpaired) electrons. The summed E-state index contributed by atoms with van der Waals surface area (Å²) in [5, 5.41) is 13.9. The van der Waals surface area contributed by atoms with E-state index in [0.717, 1.165) is 81.3 Å². The molecule has 2 aromatic heterocycles. The summed E-state index contributed by atoms with van der Waals surface area (Å²) in [4.78, 5) is 61.2. The summed E-state index contributed by atoms with van der Waals surface area (Å²) in [7, 11) is 3.91. The zero-order valence-corrected chi connectivity index (χ0v) is 32.2. The summed E-state index contributed by atoms with van der Waals surface area (Å²) in [6, 6.07) is 27.5. The molecule has 4 N–H and O–H groups in total. The Bertz CT molecular complexity index is 2400. The van der Waals surface area contributed by atoms with E-state index in [4.69, 9.17) is 4.98 Å². The van der Waals surface area contributed by atoms with Gasteiger partial charge in [0.25, 0.3) is 0 Å². The van der Waals surface area contributed by atoms with E-state index in [1.54, 1.807) is 11.1 Å². The Labute approximate surface area is 325 Å². The highest BCUT2D eigenvalue weighted by Crippen LogP contribution is 2.37. The van der Waals surface area contributed by atoms with Crippen molar-refractivity contribution in [1.82, 2.24) is 40.0 Å². The second-order valence-electron chi connectivity index (χ2n) is 15.6. The molecule has 2 aliphatic heterocycles. The number of hydrogen-bond acceptors (Lipinski definition) is 6. The first-order valence-electron chi connectivity index (χ1n) is 19.5. The largest absolute Gasteiger partial charge is 0.465 e. The van der Waals surface area contributed by atoms with Gasteiger partial charge in [0.2, 0.25) is 11.8 Å². The fourth-order valence-corrected chi connectivity index (χ4v) is 8.52. The molecule has 2 saturated heterocycles. The van der Waals surface area contributed by atoms with Crippen molar-refractivity contribution in [2.75, 3.05) is 27.2 Å². The molecule has 4 aromatic carbocycles. The molecule has 56 heavy (non-hydrogen) atoms. The molecule has 2 aliphatic rings. The zero-order chi connectivity index (χ0) is 39.1. The number of rotatable bonds is 10. The number of carbonyl (C=O) groups excluding carboxylic acids is 2. The number of likely N-dealkylation sites (N-methyl/N-ethyl adjacent to an activating group) is 1. The molecule has 0 spiro atoms. The number of likely N-dealkylation sites (tertiary alicyclic amines) is 2. The third kappa shape index (κ3) is 7.12. The molecule has 3 amide bonds. The van der Waals surface area contributed by atoms with Crippen molar-refractivity contribution in [1.29, 1.82) is 0 Å². The molecule has 288 valence electrons. The third-order valence-corrected chi connectivity index (χ3v) is 11.4. The highest BCUT2D eigenvalue weighted by atomic mass is 16.4. The van der Waals surface area contributed by atoms with Crippen LogP contribution in [0.2, 0.25) is 0 Å². The normalized spacial score (nSPS) is 18.3. The smallest absolute Gasteiger partial charge is 0.405 e. The van der Waals surface area contributed by atoms with Crippen LogP contribution in [-0.4, -0.2) is 90.9 Å². The van der Waals surface area contributed by atoms with E-state index >= 15 is 0 Å². The van der Waals surface area contributed by atoms with Gasteiger partial charge in [0.05, 0.1) is 35.0 Å². The lowest BCUT2D eigenvalue weighted by Crippen LogP contribution is -2.50. The fraction of sp³-hybridized carbons (Fsp3) is 0.341. The second-order valence-corrected chi connectivity index (χ2v) is 15.6. The second kappa shape index (κ2) is 15.3. The fourth-order valence-electron chi connectivity index (χ4n) is 8.52. The van der Waals surface area contributed by atoms with Gasteiger partial charge in [-0.1, -0.05) is 74.5 Å². The highest BCUT2D eigenvalue weighted by Gasteiger charge is 2.38. The Morgan fingerprint density at radius 1 is 0.786 bits per heavy atom. The average Bonchev–Trinajstić information content (AvgIpc) is 4.02. The molecular formula is C44H48N8O4. The number of H-pyrrole nitrogens is 2. The number of aromatic nitrogens is 4. The topological polar surface area (TPSA) is 151 Å². The summed E-state index contributed by atoms with van der Waals surface area (Å²) >= 11 is 0. The number of hydrogen-bond donors (Lipinski definition) is 4. The Hall–Kier alpha value is -6.01. The lowest BCUT2D eigenvalue weighted by molar-refractivity contribution is -0.137. The van der Waals surface area contributed by atoms with Crippen LogP contribution in [0.3, 0.4) is 0 Å². The number of amides is 3. The number of nitrogens with one attached hydrogen (secondary N) is 3. The number of aromatic amines is 2. The van der Waals surface area contributed by atoms with Gasteiger partial charge in [-0.25, -0.2) is 14.8 Å². The first kappa shape index (κ1) is 36.9. The number of fused-ring (bicyclic) bond motifs is 2. The Balaban J connectivity index is 0.994. The Morgan fingerprint density at radius 2 is 1.41 bits per heavy atom. The van der Waals surface area contributed by atoms with E-state index in [9.17, 15) is 19.5 Å². The van der Waals surface area contributed by atoms with Crippen molar-refractivity contribution in [2.24, 2.45) is 5.92 Å². The molecule has 8 rings (SSSR count). The van der Waals surface area contributed by atoms with Gasteiger partial charge in [-0.3, -0.25) is 14.5 Å². The minimum Gasteiger partial charge on any atom is -0.465 e. The van der Waals surface area contributed by atoms with Crippen LogP contribution in [0.4, 0.5) is 4.79 Å². The molecular weight excluding hydrogens is 705 g/mol. The number of nitrogens with zero attached hydrogens (tertiary/aromatic N) is 5. The lowest BCUT2D eigenvalue weighted by Gasteiger charge is -2.31. The van der Waals surface area contributed by atoms with E-state index in [1.807, 2.05) is 74.1 Å². The molecule has 0 unspecified atom stereocenters. The van der Waals surface area contributed by atoms with Crippen LogP contribution >= 0.6 is 0 Å². The van der Waals surface area contributed by atoms with Crippen LogP contribution < -0.4 is 5.32 Å². The SMILES string of the molecule is CC(C)[C@H](NC(=O)O)C(=O)N1CCC[C@H]1c1ncc(-c2ccc3cc(-c4ccc5nc([C@@H]6CCCN6C(=O)[C@@H](c6ccccc6)N(C)C)[nH]c5c4)ccc3c2)[nH]1. The maximum atomic E-state index is 14.0. The molecule has 4 atom stereocenters. The maximum Gasteiger partial charge on any atom is 0.405 e. The van der Waals surface area contributed by atoms with Crippen LogP contribution in [-0.2, 0) is 9.59 Å². The van der Waals surface area contributed by atoms with Crippen LogP contribution in [0.25, 0.3) is 44.2 Å². The van der Waals surface area contributed by atoms with Crippen molar-refractivity contribution >= 4 is 39.7 Å². The van der Waals surface area contributed by atoms with E-state index in [2.05, 4.69) is 68.8 Å². The number of benzene rings is 4. The summed E-state index contributed by atoms with van der Waals surface area (Å²) in [6.45, 7) is 4.95. The van der Waals surface area contributed by atoms with Gasteiger partial charge in [-0.2, -0.15) is 0 Å². The lowest BCUT2D eigenvalue weighted by atomic mass is 9.99. The first-order valence-corrected chi connectivity index (χ1v) is 19.5. The van der Waals surface area contributed by atoms with E-state index in [1.165, 1.54) is 0 Å². The summed E-state index contributed by atoms with van der Waals surface area (Å²) in [5.41, 5.74) is 6.80. The van der Waals surface area contributed by atoms with Gasteiger partial charge in [-0.05, 0) is 97.4 Å². The van der Waals surface area contributed by atoms with Gasteiger partial charge >= 0.3 is 6.09 Å². The van der Waals surface area contributed by atoms with Gasteiger partial charge in [0.1, 0.15) is 23.7 Å². The number of carbonyl (C=O) groups is 3. The number of imidazole rings is 2. The predicted octanol–water partition coefficient (Wildman–Crippen LogP) is 7.70. The number of carboxylic acid groups (broad SMARTS) is 1. The summed E-state index contributed by atoms with van der Waals surface area (Å²) in [5.74, 6) is 1.22. The molecule has 12 heteroatoms. The third-order valence-electron chi connectivity index (χ3n) is 11.4. The van der Waals surface area contributed by atoms with Crippen LogP contribution in [0.15, 0.2) is 91.1 Å². The average molecular weight is 753 g/mol. The first-order chi connectivity index (χ1) is 27.0. The summed E-state index contributed by atoms with van der Waals surface area (Å²) < 4.78 is 0. The van der Waals surface area contributed by atoms with Crippen LogP contribution in [0.5, 0.6) is 0 Å². The quantitative estimate of drug-likeness (QED) is 0.112. The van der Waals surface area contributed by atoms with E-state index < -0.39 is 12.1 Å². The van der Waals surface area contributed by atoms with E-state index in [-0.39, 0.29) is 35.9 Å². The maximum absolute atomic E-state index is 14.0. The molecule has 12 nitrogen and oxygen atoms in total. The van der Waals surface area contributed by atoms with Crippen LogP contribution in [0.1, 0.15) is 74.9 Å². The molecule has 6 aromatic rings. The van der Waals surface area contributed by atoms with Crippen molar-refractivity contribution < 1.29 is 19.5 Å². The Morgan fingerprint density at radius 3 is 2.09 bits per heavy atom. The molecule has 2 fully saturated rings. The van der Waals surface area contributed by atoms with Gasteiger partial charge in [-0.15, -0.1) is 0 Å². The minimum absolute atomic E-state index is 0.0941. The zero-order valence-electron chi connectivity index (χ0n) is 32.2. The van der Waals surface area contributed by atoms with Gasteiger partial charge in [0, 0.05) is 18.7 Å². The van der Waals surface area contributed by atoms with E-state index in [0.29, 0.717) is 18.9 Å². The van der Waals surface area contributed by atoms with Gasteiger partial charge < -0.3 is 30.2 Å². The van der Waals surface area contributed by atoms with Crippen LogP contribution in [0, 0.1) is 5.92 Å². The monoisotopic (exact) mass is 752 g/mol. The predicted molar refractivity (Wildman–Crippen MR) is 217 cm³/mol. The minimum atomic E-state index is -1.20. The van der Waals surface area contributed by atoms with Crippen molar-refractivity contribution in [3.8, 4) is 22.4 Å². The van der Waals surface area contributed by atoms with Crippen molar-refractivity contribution in [3.63, 3.8) is 0 Å². The molecule has 0 aliphatic carbocycles. The van der Waals surface area contributed by atoms with Crippen molar-refractivity contribution in [2.45, 2.75) is 63.7 Å². The standard InChI is InChI=1S/C44H48N8O4/c1-26(2)38(49-44(55)56)42(53)51-20-8-12-36(51)40-45-25-35(48-40)32-17-16-28-22-29(14-15-30(28)23-32)31-18-19-33-34(24-31)47-41(46-33)37-13-9-21-52(37)43(54)39(50(3)4)27-10-6-5-7-11-27/h5-7,10-11,14-19,22-26,36-39,49H,8-9,12-13,20-21H2,1-4H3,(H,45,48)(H,46,47)(H,55,56)/t36-,37-,38-,39+/m0/s1. The highest BCUT2D eigenvalue weighted by molar-refractivity contribution is 5.92. The van der Waals surface area contributed by atoms with Crippen molar-refractivity contribution in [3.05, 3.63) is 108 Å². The Kier molecular flexibility index (Phi) is 10.1. The molecule has 0 bridgehead atoms.